The third-order valence-corrected chi connectivity index (χ3v) is 2.14. The molecule has 16 heavy (non-hydrogen) atoms. The number of benzene rings is 1. The maximum absolute atomic E-state index is 8.93. The lowest BCUT2D eigenvalue weighted by Crippen LogP contribution is -2.23. The van der Waals surface area contributed by atoms with Crippen molar-refractivity contribution in [2.45, 2.75) is 13.0 Å². The summed E-state index contributed by atoms with van der Waals surface area (Å²) >= 11 is 0. The van der Waals surface area contributed by atoms with Gasteiger partial charge in [-0.1, -0.05) is 12.1 Å². The van der Waals surface area contributed by atoms with Crippen molar-refractivity contribution >= 4 is 11.0 Å². The van der Waals surface area contributed by atoms with Crippen LogP contribution in [0.3, 0.4) is 0 Å². The summed E-state index contributed by atoms with van der Waals surface area (Å²) in [7, 11) is 0. The van der Waals surface area contributed by atoms with Crippen molar-refractivity contribution < 1.29 is 9.15 Å². The van der Waals surface area contributed by atoms with Crippen molar-refractivity contribution in [1.29, 1.82) is 5.26 Å². The van der Waals surface area contributed by atoms with Crippen molar-refractivity contribution in [3.8, 4) is 11.8 Å². The predicted octanol–water partition coefficient (Wildman–Crippen LogP) is 2.03. The first kappa shape index (κ1) is 10.5. The summed E-state index contributed by atoms with van der Waals surface area (Å²) < 4.78 is 10.9. The summed E-state index contributed by atoms with van der Waals surface area (Å²) in [5, 5.41) is 9.73. The summed E-state index contributed by atoms with van der Waals surface area (Å²) in [5.41, 5.74) is 6.26. The Morgan fingerprint density at radius 1 is 1.50 bits per heavy atom. The molecule has 1 aromatic carbocycles. The van der Waals surface area contributed by atoms with Crippen molar-refractivity contribution in [2.75, 3.05) is 6.61 Å². The number of rotatable bonds is 3. The fourth-order valence-corrected chi connectivity index (χ4v) is 1.45. The molecule has 0 aliphatic carbocycles. The van der Waals surface area contributed by atoms with Gasteiger partial charge in [0.2, 0.25) is 5.76 Å². The Morgan fingerprint density at radius 3 is 2.94 bits per heavy atom. The van der Waals surface area contributed by atoms with E-state index >= 15 is 0 Å². The Balaban J connectivity index is 2.44. The lowest BCUT2D eigenvalue weighted by Gasteiger charge is -2.06. The molecular weight excluding hydrogens is 204 g/mol. The highest BCUT2D eigenvalue weighted by Gasteiger charge is 2.15. The number of nitrogens with two attached hydrogens (primary N) is 1. The van der Waals surface area contributed by atoms with Gasteiger partial charge in [-0.2, -0.15) is 5.26 Å². The molecule has 0 radical (unpaired) electrons. The predicted molar refractivity (Wildman–Crippen MR) is 60.1 cm³/mol. The molecule has 0 saturated heterocycles. The second-order valence-electron chi connectivity index (χ2n) is 3.66. The first-order valence-electron chi connectivity index (χ1n) is 5.02. The molecule has 0 fully saturated rings. The Labute approximate surface area is 93.2 Å². The molecule has 1 unspecified atom stereocenters. The minimum atomic E-state index is -0.0831. The van der Waals surface area contributed by atoms with Crippen LogP contribution in [0.25, 0.3) is 11.0 Å². The fraction of sp³-hybridized carbons (Fsp3) is 0.250. The molecule has 0 spiro atoms. The molecule has 82 valence electrons. The van der Waals surface area contributed by atoms with Crippen LogP contribution in [0.15, 0.2) is 28.7 Å². The molecule has 0 saturated carbocycles. The Kier molecular flexibility index (Phi) is 2.80. The normalized spacial score (nSPS) is 12.3. The van der Waals surface area contributed by atoms with Crippen LogP contribution in [-0.2, 0) is 0 Å². The van der Waals surface area contributed by atoms with Gasteiger partial charge in [-0.05, 0) is 19.1 Å². The standard InChI is InChI=1S/C12H12N2O2/c1-8(14)7-15-12-9-4-2-3-5-10(9)16-11(12)6-13/h2-5,8H,7,14H2,1H3. The molecule has 1 atom stereocenters. The Morgan fingerprint density at radius 2 is 2.25 bits per heavy atom. The van der Waals surface area contributed by atoms with Gasteiger partial charge in [0.1, 0.15) is 18.3 Å². The average molecular weight is 216 g/mol. The number of hydrogen-bond donors (Lipinski definition) is 1. The maximum atomic E-state index is 8.93. The van der Waals surface area contributed by atoms with Crippen LogP contribution in [0.5, 0.6) is 5.75 Å². The number of fused-ring (bicyclic) bond motifs is 1. The molecule has 2 aromatic rings. The molecule has 0 aliphatic heterocycles. The van der Waals surface area contributed by atoms with Crippen LogP contribution in [-0.4, -0.2) is 12.6 Å². The quantitative estimate of drug-likeness (QED) is 0.852. The van der Waals surface area contributed by atoms with Crippen molar-refractivity contribution in [3.05, 3.63) is 30.0 Å². The van der Waals surface area contributed by atoms with Crippen LogP contribution in [0.4, 0.5) is 0 Å². The zero-order chi connectivity index (χ0) is 11.5. The highest BCUT2D eigenvalue weighted by atomic mass is 16.5. The number of furan rings is 1. The topological polar surface area (TPSA) is 72.2 Å². The average Bonchev–Trinajstić information content (AvgIpc) is 2.64. The highest BCUT2D eigenvalue weighted by molar-refractivity contribution is 5.86. The highest BCUT2D eigenvalue weighted by Crippen LogP contribution is 2.32. The molecule has 1 heterocycles. The van der Waals surface area contributed by atoms with Gasteiger partial charge >= 0.3 is 0 Å². The minimum Gasteiger partial charge on any atom is -0.487 e. The Bertz CT molecular complexity index is 537. The number of nitriles is 1. The van der Waals surface area contributed by atoms with Crippen molar-refractivity contribution in [2.24, 2.45) is 5.73 Å². The van der Waals surface area contributed by atoms with Crippen molar-refractivity contribution in [1.82, 2.24) is 0 Å². The zero-order valence-electron chi connectivity index (χ0n) is 8.93. The molecule has 0 bridgehead atoms. The lowest BCUT2D eigenvalue weighted by molar-refractivity contribution is 0.294. The summed E-state index contributed by atoms with van der Waals surface area (Å²) in [5.74, 6) is 0.678. The number of ether oxygens (including phenoxy) is 1. The van der Waals surface area contributed by atoms with Crippen LogP contribution in [0.1, 0.15) is 12.7 Å². The third-order valence-electron chi connectivity index (χ3n) is 2.14. The van der Waals surface area contributed by atoms with Gasteiger partial charge in [0.15, 0.2) is 5.75 Å². The van der Waals surface area contributed by atoms with E-state index in [1.807, 2.05) is 31.2 Å². The lowest BCUT2D eigenvalue weighted by atomic mass is 10.2. The Hall–Kier alpha value is -1.99. The smallest absolute Gasteiger partial charge is 0.246 e. The number of hydrogen-bond acceptors (Lipinski definition) is 4. The fourth-order valence-electron chi connectivity index (χ4n) is 1.45. The van der Waals surface area contributed by atoms with Crippen LogP contribution in [0.2, 0.25) is 0 Å². The SMILES string of the molecule is CC(N)COc1c(C#N)oc2ccccc12. The van der Waals surface area contributed by atoms with Gasteiger partial charge in [-0.3, -0.25) is 0 Å². The second-order valence-corrected chi connectivity index (χ2v) is 3.66. The van der Waals surface area contributed by atoms with Gasteiger partial charge in [0, 0.05) is 6.04 Å². The first-order chi connectivity index (χ1) is 7.72. The first-order valence-corrected chi connectivity index (χ1v) is 5.02. The molecule has 4 nitrogen and oxygen atoms in total. The van der Waals surface area contributed by atoms with Crippen molar-refractivity contribution in [3.63, 3.8) is 0 Å². The van der Waals surface area contributed by atoms with E-state index < -0.39 is 0 Å². The molecule has 2 rings (SSSR count). The molecule has 0 aliphatic rings. The van der Waals surface area contributed by atoms with E-state index in [0.717, 1.165) is 5.39 Å². The summed E-state index contributed by atoms with van der Waals surface area (Å²) in [6.45, 7) is 2.20. The molecule has 0 amide bonds. The van der Waals surface area contributed by atoms with E-state index in [1.165, 1.54) is 0 Å². The molecular formula is C12H12N2O2. The van der Waals surface area contributed by atoms with E-state index in [9.17, 15) is 0 Å². The van der Waals surface area contributed by atoms with Gasteiger partial charge < -0.3 is 14.9 Å². The van der Waals surface area contributed by atoms with Crippen LogP contribution in [0, 0.1) is 11.3 Å². The van der Waals surface area contributed by atoms with E-state index in [0.29, 0.717) is 17.9 Å². The van der Waals surface area contributed by atoms with E-state index in [1.54, 1.807) is 6.07 Å². The van der Waals surface area contributed by atoms with Gasteiger partial charge in [0.05, 0.1) is 5.39 Å². The molecule has 4 heteroatoms. The zero-order valence-corrected chi connectivity index (χ0v) is 8.93. The number of para-hydroxylation sites is 1. The van der Waals surface area contributed by atoms with Crippen LogP contribution >= 0.6 is 0 Å². The summed E-state index contributed by atoms with van der Waals surface area (Å²) in [4.78, 5) is 0. The third kappa shape index (κ3) is 1.86. The van der Waals surface area contributed by atoms with Gasteiger partial charge in [-0.15, -0.1) is 0 Å². The number of nitrogens with zero attached hydrogens (tertiary/aromatic N) is 1. The van der Waals surface area contributed by atoms with Gasteiger partial charge in [0.25, 0.3) is 0 Å². The van der Waals surface area contributed by atoms with Crippen LogP contribution < -0.4 is 10.5 Å². The summed E-state index contributed by atoms with van der Waals surface area (Å²) in [6.07, 6.45) is 0. The monoisotopic (exact) mass is 216 g/mol. The molecule has 2 N–H and O–H groups in total. The maximum Gasteiger partial charge on any atom is 0.246 e. The largest absolute Gasteiger partial charge is 0.487 e. The van der Waals surface area contributed by atoms with E-state index in [4.69, 9.17) is 20.1 Å². The second kappa shape index (κ2) is 4.25. The summed E-state index contributed by atoms with van der Waals surface area (Å²) in [6, 6.07) is 9.27. The van der Waals surface area contributed by atoms with E-state index in [-0.39, 0.29) is 11.8 Å². The molecule has 1 aromatic heterocycles. The van der Waals surface area contributed by atoms with E-state index in [2.05, 4.69) is 0 Å². The van der Waals surface area contributed by atoms with Gasteiger partial charge in [-0.25, -0.2) is 0 Å². The minimum absolute atomic E-state index is 0.0831.